The summed E-state index contributed by atoms with van der Waals surface area (Å²) >= 11 is 0. The van der Waals surface area contributed by atoms with E-state index in [1.54, 1.807) is 4.90 Å². The Kier molecular flexibility index (Phi) is 12.8. The lowest BCUT2D eigenvalue weighted by atomic mass is 10.0. The van der Waals surface area contributed by atoms with Gasteiger partial charge in [0.25, 0.3) is 0 Å². The molecule has 2 heterocycles. The van der Waals surface area contributed by atoms with Crippen molar-refractivity contribution in [3.63, 3.8) is 0 Å². The highest BCUT2D eigenvalue weighted by atomic mass is 16.5. The third-order valence-corrected chi connectivity index (χ3v) is 10.1. The molecule has 0 bridgehead atoms. The van der Waals surface area contributed by atoms with Crippen molar-refractivity contribution < 1.29 is 38.2 Å². The van der Waals surface area contributed by atoms with Crippen molar-refractivity contribution in [2.45, 2.75) is 77.5 Å². The minimum atomic E-state index is -0.808. The summed E-state index contributed by atoms with van der Waals surface area (Å²) in [6.07, 6.45) is 1.01. The van der Waals surface area contributed by atoms with Gasteiger partial charge in [0, 0.05) is 24.5 Å². The van der Waals surface area contributed by atoms with E-state index in [-0.39, 0.29) is 35.5 Å². The highest BCUT2D eigenvalue weighted by Crippen LogP contribution is 2.29. The van der Waals surface area contributed by atoms with E-state index in [1.165, 1.54) is 19.1 Å². The molecule has 0 saturated carbocycles. The van der Waals surface area contributed by atoms with E-state index in [4.69, 9.17) is 4.74 Å². The summed E-state index contributed by atoms with van der Waals surface area (Å²) in [5.74, 6) is -1.58. The monoisotopic (exact) mass is 742 g/mol. The second kappa shape index (κ2) is 17.4. The first-order chi connectivity index (χ1) is 25.8. The number of nitrogens with one attached hydrogen (secondary N) is 4. The lowest BCUT2D eigenvalue weighted by Gasteiger charge is -2.30. The predicted molar refractivity (Wildman–Crippen MR) is 204 cm³/mol. The Labute approximate surface area is 315 Å². The summed E-state index contributed by atoms with van der Waals surface area (Å²) in [6.45, 7) is 8.16. The summed E-state index contributed by atoms with van der Waals surface area (Å²) in [6, 6.07) is 16.2. The maximum Gasteiger partial charge on any atom is 0.407 e. The minimum absolute atomic E-state index is 0.194. The smallest absolute Gasteiger partial charge is 0.407 e. The van der Waals surface area contributed by atoms with Crippen molar-refractivity contribution in [1.82, 2.24) is 20.4 Å². The van der Waals surface area contributed by atoms with Gasteiger partial charge >= 0.3 is 12.2 Å². The van der Waals surface area contributed by atoms with Crippen molar-refractivity contribution in [3.8, 4) is 11.1 Å². The van der Waals surface area contributed by atoms with Crippen molar-refractivity contribution in [2.75, 3.05) is 37.9 Å². The van der Waals surface area contributed by atoms with Gasteiger partial charge in [0.1, 0.15) is 24.2 Å². The number of carbonyl (C=O) groups excluding carboxylic acids is 6. The topological polar surface area (TPSA) is 175 Å². The number of rotatable bonds is 11. The molecule has 0 radical (unpaired) electrons. The van der Waals surface area contributed by atoms with E-state index < -0.39 is 36.4 Å². The Morgan fingerprint density at radius 2 is 1.02 bits per heavy atom. The Bertz CT molecular complexity index is 1880. The molecule has 2 aliphatic rings. The zero-order valence-corrected chi connectivity index (χ0v) is 31.6. The standard InChI is InChI=1S/C40H50N6O8/c1-23(2)33(43-39(51)53-5)37(49)45-19-7-9-31(45)35(47)41-29-16-13-25(14-17-29)26-11-12-28-22-30(18-15-27(28)21-26)42-36(48)32-10-8-20-46(32)38(50)34(24(3)4)44-40(52)54-6/h11-18,21-24,31-34H,7-10,19-20H2,1-6H3,(H,41,47)(H,42,48)(H,43,51)(H,44,52)/t31?,32-,33-,34-/m0/s1. The van der Waals surface area contributed by atoms with Crippen LogP contribution in [0.1, 0.15) is 53.4 Å². The van der Waals surface area contributed by atoms with E-state index in [1.807, 2.05) is 88.4 Å². The minimum Gasteiger partial charge on any atom is -0.453 e. The number of carbonyl (C=O) groups is 6. The molecule has 4 N–H and O–H groups in total. The first kappa shape index (κ1) is 39.5. The zero-order valence-electron chi connectivity index (χ0n) is 31.6. The quantitative estimate of drug-likeness (QED) is 0.209. The number of hydrogen-bond donors (Lipinski definition) is 4. The first-order valence-corrected chi connectivity index (χ1v) is 18.4. The summed E-state index contributed by atoms with van der Waals surface area (Å²) in [5.41, 5.74) is 3.10. The number of alkyl carbamates (subject to hydrolysis) is 2. The second-order valence-electron chi connectivity index (χ2n) is 14.4. The number of fused-ring (bicyclic) bond motifs is 1. The molecule has 3 aromatic rings. The van der Waals surface area contributed by atoms with Gasteiger partial charge in [-0.15, -0.1) is 0 Å². The third kappa shape index (κ3) is 9.10. The van der Waals surface area contributed by atoms with Crippen LogP contribution in [0.25, 0.3) is 21.9 Å². The molecule has 6 amide bonds. The number of nitrogens with zero attached hydrogens (tertiary/aromatic N) is 2. The van der Waals surface area contributed by atoms with Crippen LogP contribution >= 0.6 is 0 Å². The van der Waals surface area contributed by atoms with Crippen LogP contribution in [-0.4, -0.2) is 97.1 Å². The van der Waals surface area contributed by atoms with Gasteiger partial charge in [-0.3, -0.25) is 19.2 Å². The molecule has 14 heteroatoms. The second-order valence-corrected chi connectivity index (χ2v) is 14.4. The van der Waals surface area contributed by atoms with Crippen LogP contribution in [0.15, 0.2) is 60.7 Å². The fraction of sp³-hybridized carbons (Fsp3) is 0.450. The molecular formula is C40H50N6O8. The van der Waals surface area contributed by atoms with Crippen LogP contribution in [0, 0.1) is 11.8 Å². The van der Waals surface area contributed by atoms with Crippen molar-refractivity contribution in [3.05, 3.63) is 60.7 Å². The molecular weight excluding hydrogens is 692 g/mol. The van der Waals surface area contributed by atoms with E-state index >= 15 is 0 Å². The fourth-order valence-corrected chi connectivity index (χ4v) is 7.06. The van der Waals surface area contributed by atoms with Gasteiger partial charge in [-0.2, -0.15) is 0 Å². The van der Waals surface area contributed by atoms with Gasteiger partial charge in [-0.1, -0.05) is 58.0 Å². The number of methoxy groups -OCH3 is 2. The molecule has 5 rings (SSSR count). The van der Waals surface area contributed by atoms with E-state index in [0.29, 0.717) is 50.1 Å². The number of benzene rings is 3. The van der Waals surface area contributed by atoms with Gasteiger partial charge in [0.15, 0.2) is 0 Å². The molecule has 0 aliphatic carbocycles. The Morgan fingerprint density at radius 3 is 1.50 bits per heavy atom. The highest BCUT2D eigenvalue weighted by molar-refractivity contribution is 6.01. The van der Waals surface area contributed by atoms with Gasteiger partial charge in [0.2, 0.25) is 23.6 Å². The molecule has 2 aliphatic heterocycles. The molecule has 0 aromatic heterocycles. The average molecular weight is 743 g/mol. The van der Waals surface area contributed by atoms with Crippen LogP contribution in [0.5, 0.6) is 0 Å². The number of amides is 6. The van der Waals surface area contributed by atoms with Crippen LogP contribution in [0.4, 0.5) is 21.0 Å². The maximum absolute atomic E-state index is 13.4. The summed E-state index contributed by atoms with van der Waals surface area (Å²) in [4.78, 5) is 80.3. The Morgan fingerprint density at radius 1 is 0.593 bits per heavy atom. The molecule has 4 atom stereocenters. The molecule has 1 unspecified atom stereocenters. The average Bonchev–Trinajstić information content (AvgIpc) is 3.86. The maximum atomic E-state index is 13.4. The molecule has 54 heavy (non-hydrogen) atoms. The Balaban J connectivity index is 1.21. The van der Waals surface area contributed by atoms with Gasteiger partial charge < -0.3 is 40.5 Å². The van der Waals surface area contributed by atoms with Crippen molar-refractivity contribution >= 4 is 58.0 Å². The lowest BCUT2D eigenvalue weighted by Crippen LogP contribution is -2.54. The highest BCUT2D eigenvalue weighted by Gasteiger charge is 2.40. The summed E-state index contributed by atoms with van der Waals surface area (Å²) in [7, 11) is 2.48. The molecule has 14 nitrogen and oxygen atoms in total. The van der Waals surface area contributed by atoms with Crippen LogP contribution < -0.4 is 21.3 Å². The predicted octanol–water partition coefficient (Wildman–Crippen LogP) is 5.13. The number of anilines is 2. The number of hydrogen-bond acceptors (Lipinski definition) is 8. The SMILES string of the molecule is COC(=O)N[C@H](C(=O)N1CCCC1C(=O)Nc1ccc(-c2ccc3cc(NC(=O)[C@@H]4CCCN4C(=O)[C@@H](NC(=O)OC)C(C)C)ccc3c2)cc1)C(C)C. The van der Waals surface area contributed by atoms with Gasteiger partial charge in [-0.25, -0.2) is 9.59 Å². The number of likely N-dealkylation sites (tertiary alicyclic amines) is 2. The lowest BCUT2D eigenvalue weighted by molar-refractivity contribution is -0.139. The van der Waals surface area contributed by atoms with E-state index in [9.17, 15) is 28.8 Å². The van der Waals surface area contributed by atoms with Crippen LogP contribution in [0.3, 0.4) is 0 Å². The molecule has 0 spiro atoms. The normalized spacial score (nSPS) is 17.9. The number of ether oxygens (including phenoxy) is 2. The van der Waals surface area contributed by atoms with Crippen LogP contribution in [0.2, 0.25) is 0 Å². The van der Waals surface area contributed by atoms with Gasteiger partial charge in [-0.05, 0) is 89.8 Å². The zero-order chi connectivity index (χ0) is 39.1. The molecule has 3 aromatic carbocycles. The molecule has 288 valence electrons. The molecule has 2 saturated heterocycles. The summed E-state index contributed by atoms with van der Waals surface area (Å²) in [5, 5.41) is 13.0. The molecule has 2 fully saturated rings. The van der Waals surface area contributed by atoms with E-state index in [2.05, 4.69) is 26.0 Å². The van der Waals surface area contributed by atoms with Crippen molar-refractivity contribution in [1.29, 1.82) is 0 Å². The first-order valence-electron chi connectivity index (χ1n) is 18.4. The Hall–Kier alpha value is -5.66. The summed E-state index contributed by atoms with van der Waals surface area (Å²) < 4.78 is 9.38. The largest absolute Gasteiger partial charge is 0.453 e. The fourth-order valence-electron chi connectivity index (χ4n) is 7.06. The van der Waals surface area contributed by atoms with Crippen LogP contribution in [-0.2, 0) is 28.7 Å². The van der Waals surface area contributed by atoms with Crippen molar-refractivity contribution in [2.24, 2.45) is 11.8 Å². The van der Waals surface area contributed by atoms with E-state index in [0.717, 1.165) is 21.9 Å². The third-order valence-electron chi connectivity index (χ3n) is 10.1. The van der Waals surface area contributed by atoms with Gasteiger partial charge in [0.05, 0.1) is 14.2 Å².